The third kappa shape index (κ3) is 2.14. The molecule has 1 N–H and O–H groups in total. The fourth-order valence-electron chi connectivity index (χ4n) is 1.79. The van der Waals surface area contributed by atoms with E-state index in [-0.39, 0.29) is 10.7 Å². The quantitative estimate of drug-likeness (QED) is 0.895. The summed E-state index contributed by atoms with van der Waals surface area (Å²) in [5, 5.41) is 3.35. The maximum atomic E-state index is 12.3. The van der Waals surface area contributed by atoms with Crippen LogP contribution in [0.3, 0.4) is 0 Å². The minimum atomic E-state index is -4.45. The third-order valence-electron chi connectivity index (χ3n) is 3.04. The summed E-state index contributed by atoms with van der Waals surface area (Å²) in [6.07, 6.45) is -0.454. The molecule has 0 bridgehead atoms. The molecule has 0 radical (unpaired) electrons. The molecule has 1 saturated carbocycles. The minimum Gasteiger partial charge on any atom is -0.355 e. The summed E-state index contributed by atoms with van der Waals surface area (Å²) in [6, 6.07) is 0. The Labute approximate surface area is 95.2 Å². The molecule has 0 unspecified atom stereocenters. The van der Waals surface area contributed by atoms with Crippen molar-refractivity contribution < 1.29 is 13.2 Å². The first-order valence-electron chi connectivity index (χ1n) is 5.14. The number of nitrogens with one attached hydrogen (secondary N) is 1. The molecule has 1 aromatic heterocycles. The highest BCUT2D eigenvalue weighted by Gasteiger charge is 2.39. The minimum absolute atomic E-state index is 0.0532. The molecule has 1 aliphatic carbocycles. The van der Waals surface area contributed by atoms with Crippen molar-refractivity contribution in [2.75, 3.05) is 5.32 Å². The lowest BCUT2D eigenvalue weighted by atomic mass is 9.75. The summed E-state index contributed by atoms with van der Waals surface area (Å²) in [5.74, 6) is -1.05. The maximum Gasteiger partial charge on any atom is 0.452 e. The highest BCUT2D eigenvalue weighted by atomic mass is 32.1. The van der Waals surface area contributed by atoms with E-state index in [1.54, 1.807) is 0 Å². The molecule has 16 heavy (non-hydrogen) atoms. The topological polar surface area (TPSA) is 37.8 Å². The zero-order valence-electron chi connectivity index (χ0n) is 8.76. The lowest BCUT2D eigenvalue weighted by molar-refractivity contribution is -0.144. The van der Waals surface area contributed by atoms with Crippen LogP contribution in [0.2, 0.25) is 0 Å². The normalized spacial score (nSPS) is 19.2. The first-order chi connectivity index (χ1) is 7.45. The summed E-state index contributed by atoms with van der Waals surface area (Å²) < 4.78 is 40.1. The predicted octanol–water partition coefficient (Wildman–Crippen LogP) is 3.30. The number of hydrogen-bond donors (Lipinski definition) is 1. The molecule has 1 fully saturated rings. The maximum absolute atomic E-state index is 12.3. The third-order valence-corrected chi connectivity index (χ3v) is 3.67. The molecule has 0 spiro atoms. The first kappa shape index (κ1) is 11.6. The molecule has 0 amide bonds. The number of nitrogens with zero attached hydrogens (tertiary/aromatic N) is 2. The largest absolute Gasteiger partial charge is 0.452 e. The van der Waals surface area contributed by atoms with Gasteiger partial charge in [0.05, 0.1) is 0 Å². The second-order valence-electron chi connectivity index (χ2n) is 4.03. The predicted molar refractivity (Wildman–Crippen MR) is 55.4 cm³/mol. The van der Waals surface area contributed by atoms with Crippen LogP contribution in [0, 0.1) is 0 Å². The molecule has 0 aliphatic heterocycles. The van der Waals surface area contributed by atoms with Crippen LogP contribution in [-0.2, 0) is 6.18 Å². The number of hydrogen-bond acceptors (Lipinski definition) is 4. The number of halogens is 3. The Morgan fingerprint density at radius 2 is 2.12 bits per heavy atom. The molecule has 90 valence electrons. The van der Waals surface area contributed by atoms with Gasteiger partial charge in [-0.15, -0.1) is 0 Å². The lowest BCUT2D eigenvalue weighted by Gasteiger charge is -2.41. The van der Waals surface area contributed by atoms with E-state index in [1.807, 2.05) is 6.92 Å². The Hall–Kier alpha value is -0.850. The zero-order valence-corrected chi connectivity index (χ0v) is 9.58. The van der Waals surface area contributed by atoms with Crippen LogP contribution in [0.15, 0.2) is 0 Å². The average molecular weight is 251 g/mol. The van der Waals surface area contributed by atoms with Crippen molar-refractivity contribution >= 4 is 16.7 Å². The van der Waals surface area contributed by atoms with Crippen molar-refractivity contribution in [2.24, 2.45) is 0 Å². The monoisotopic (exact) mass is 251 g/mol. The van der Waals surface area contributed by atoms with Crippen molar-refractivity contribution in [3.63, 3.8) is 0 Å². The van der Waals surface area contributed by atoms with Crippen molar-refractivity contribution in [2.45, 2.75) is 44.3 Å². The molecular weight excluding hydrogens is 239 g/mol. The van der Waals surface area contributed by atoms with Crippen molar-refractivity contribution in [1.29, 1.82) is 0 Å². The Bertz CT molecular complexity index is 365. The zero-order chi connectivity index (χ0) is 11.8. The molecular formula is C9H12F3N3S. The molecule has 0 aromatic carbocycles. The highest BCUT2D eigenvalue weighted by Crippen LogP contribution is 2.39. The summed E-state index contributed by atoms with van der Waals surface area (Å²) >= 11 is 0.776. The van der Waals surface area contributed by atoms with Crippen LogP contribution >= 0.6 is 11.5 Å². The van der Waals surface area contributed by atoms with E-state index in [2.05, 4.69) is 14.7 Å². The van der Waals surface area contributed by atoms with Crippen LogP contribution in [0.1, 0.15) is 38.4 Å². The van der Waals surface area contributed by atoms with E-state index in [0.29, 0.717) is 0 Å². The molecule has 0 saturated heterocycles. The molecule has 1 heterocycles. The Kier molecular flexibility index (Phi) is 2.81. The van der Waals surface area contributed by atoms with Crippen LogP contribution in [0.5, 0.6) is 0 Å². The van der Waals surface area contributed by atoms with Gasteiger partial charge in [-0.25, -0.2) is 0 Å². The van der Waals surface area contributed by atoms with E-state index in [4.69, 9.17) is 0 Å². The van der Waals surface area contributed by atoms with Gasteiger partial charge in [-0.05, 0) is 25.7 Å². The number of rotatable bonds is 3. The van der Waals surface area contributed by atoms with Crippen molar-refractivity contribution in [3.8, 4) is 0 Å². The Morgan fingerprint density at radius 3 is 2.50 bits per heavy atom. The lowest BCUT2D eigenvalue weighted by Crippen LogP contribution is -2.44. The second-order valence-corrected chi connectivity index (χ2v) is 4.79. The van der Waals surface area contributed by atoms with Gasteiger partial charge in [-0.1, -0.05) is 6.92 Å². The molecule has 0 atom stereocenters. The van der Waals surface area contributed by atoms with E-state index in [0.717, 1.165) is 37.2 Å². The van der Waals surface area contributed by atoms with Gasteiger partial charge in [0.1, 0.15) is 0 Å². The fourth-order valence-corrected chi connectivity index (χ4v) is 2.49. The molecule has 3 nitrogen and oxygen atoms in total. The van der Waals surface area contributed by atoms with E-state index >= 15 is 0 Å². The van der Waals surface area contributed by atoms with Gasteiger partial charge in [0.2, 0.25) is 11.0 Å². The smallest absolute Gasteiger partial charge is 0.355 e. The molecule has 1 aromatic rings. The SMILES string of the molecule is CCC1(Nc2nc(C(F)(F)F)ns2)CCC1. The summed E-state index contributed by atoms with van der Waals surface area (Å²) in [7, 11) is 0. The number of aromatic nitrogens is 2. The van der Waals surface area contributed by atoms with Gasteiger partial charge in [0, 0.05) is 17.1 Å². The first-order valence-corrected chi connectivity index (χ1v) is 5.92. The van der Waals surface area contributed by atoms with Crippen LogP contribution in [0.25, 0.3) is 0 Å². The fraction of sp³-hybridized carbons (Fsp3) is 0.778. The van der Waals surface area contributed by atoms with E-state index in [1.165, 1.54) is 0 Å². The van der Waals surface area contributed by atoms with Gasteiger partial charge >= 0.3 is 6.18 Å². The van der Waals surface area contributed by atoms with Crippen molar-refractivity contribution in [3.05, 3.63) is 5.82 Å². The van der Waals surface area contributed by atoms with Gasteiger partial charge in [0.15, 0.2) is 0 Å². The number of anilines is 1. The summed E-state index contributed by atoms with van der Waals surface area (Å²) in [5.41, 5.74) is -0.0532. The Balaban J connectivity index is 2.08. The van der Waals surface area contributed by atoms with E-state index < -0.39 is 12.0 Å². The average Bonchev–Trinajstić information content (AvgIpc) is 2.58. The van der Waals surface area contributed by atoms with Gasteiger partial charge in [0.25, 0.3) is 0 Å². The highest BCUT2D eigenvalue weighted by molar-refractivity contribution is 7.09. The summed E-state index contributed by atoms with van der Waals surface area (Å²) in [6.45, 7) is 2.03. The van der Waals surface area contributed by atoms with E-state index in [9.17, 15) is 13.2 Å². The van der Waals surface area contributed by atoms with Crippen LogP contribution in [0.4, 0.5) is 18.3 Å². The van der Waals surface area contributed by atoms with Crippen LogP contribution in [-0.4, -0.2) is 14.9 Å². The molecule has 1 aliphatic rings. The van der Waals surface area contributed by atoms with Gasteiger partial charge in [-0.3, -0.25) is 0 Å². The van der Waals surface area contributed by atoms with Crippen molar-refractivity contribution in [1.82, 2.24) is 9.36 Å². The molecule has 2 rings (SSSR count). The number of alkyl halides is 3. The standard InChI is InChI=1S/C9H12F3N3S/c1-2-8(4-3-5-8)14-7-13-6(15-16-7)9(10,11)12/h2-5H2,1H3,(H,13,14,15). The summed E-state index contributed by atoms with van der Waals surface area (Å²) in [4.78, 5) is 3.47. The molecule has 7 heteroatoms. The van der Waals surface area contributed by atoms with Crippen LogP contribution < -0.4 is 5.32 Å². The van der Waals surface area contributed by atoms with Gasteiger partial charge < -0.3 is 5.32 Å². The Morgan fingerprint density at radius 1 is 1.44 bits per heavy atom. The van der Waals surface area contributed by atoms with Gasteiger partial charge in [-0.2, -0.15) is 22.5 Å². The second kappa shape index (κ2) is 3.87.